The fourth-order valence-corrected chi connectivity index (χ4v) is 6.02. The first-order valence-corrected chi connectivity index (χ1v) is 16.3. The van der Waals surface area contributed by atoms with Crippen LogP contribution in [0, 0.1) is 11.8 Å². The van der Waals surface area contributed by atoms with Crippen LogP contribution in [0.4, 0.5) is 0 Å². The fraction of sp³-hybridized carbons (Fsp3) is 0.500. The Bertz CT molecular complexity index is 1380. The van der Waals surface area contributed by atoms with E-state index in [0.29, 0.717) is 25.0 Å². The van der Waals surface area contributed by atoms with E-state index in [1.807, 2.05) is 87.4 Å². The maximum atomic E-state index is 14.4. The third kappa shape index (κ3) is 8.75. The molecule has 0 aliphatic carbocycles. The second-order valence-electron chi connectivity index (χ2n) is 13.1. The Kier molecular flexibility index (Phi) is 12.0. The van der Waals surface area contributed by atoms with Crippen LogP contribution >= 0.6 is 0 Å². The Labute approximate surface area is 272 Å². The van der Waals surface area contributed by atoms with Crippen LogP contribution in [-0.4, -0.2) is 84.3 Å². The molecule has 10 heteroatoms. The summed E-state index contributed by atoms with van der Waals surface area (Å²) in [6.45, 7) is 8.30. The number of ether oxygens (including phenoxy) is 1. The summed E-state index contributed by atoms with van der Waals surface area (Å²) in [7, 11) is 3.72. The van der Waals surface area contributed by atoms with E-state index in [1.54, 1.807) is 12.3 Å². The van der Waals surface area contributed by atoms with Gasteiger partial charge in [0.15, 0.2) is 0 Å². The van der Waals surface area contributed by atoms with Crippen molar-refractivity contribution in [1.29, 1.82) is 0 Å². The van der Waals surface area contributed by atoms with Gasteiger partial charge in [-0.2, -0.15) is 0 Å². The Hall–Kier alpha value is -4.18. The second-order valence-corrected chi connectivity index (χ2v) is 13.1. The summed E-state index contributed by atoms with van der Waals surface area (Å²) in [5.41, 5.74) is 1.75. The second kappa shape index (κ2) is 15.9. The number of hydrogen-bond acceptors (Lipinski definition) is 6. The first-order chi connectivity index (χ1) is 22.0. The summed E-state index contributed by atoms with van der Waals surface area (Å²) in [5.74, 6) is -0.732. The quantitative estimate of drug-likeness (QED) is 0.370. The van der Waals surface area contributed by atoms with Crippen molar-refractivity contribution in [1.82, 2.24) is 25.8 Å². The summed E-state index contributed by atoms with van der Waals surface area (Å²) in [5, 5.41) is 8.80. The highest BCUT2D eigenvalue weighted by molar-refractivity contribution is 5.96. The lowest BCUT2D eigenvalue weighted by Gasteiger charge is -2.34. The highest BCUT2D eigenvalue weighted by atomic mass is 16.5. The van der Waals surface area contributed by atoms with Crippen LogP contribution in [0.25, 0.3) is 6.08 Å². The van der Waals surface area contributed by atoms with Crippen molar-refractivity contribution in [2.24, 2.45) is 11.8 Å². The molecule has 0 radical (unpaired) electrons. The maximum absolute atomic E-state index is 14.4. The van der Waals surface area contributed by atoms with Gasteiger partial charge in [0.25, 0.3) is 0 Å². The minimum atomic E-state index is -1.01. The van der Waals surface area contributed by atoms with E-state index in [0.717, 1.165) is 11.1 Å². The van der Waals surface area contributed by atoms with E-state index in [1.165, 1.54) is 4.90 Å². The van der Waals surface area contributed by atoms with Crippen molar-refractivity contribution in [3.05, 3.63) is 71.9 Å². The summed E-state index contributed by atoms with van der Waals surface area (Å²) in [4.78, 5) is 59.0. The molecule has 6 unspecified atom stereocenters. The summed E-state index contributed by atoms with van der Waals surface area (Å²) < 4.78 is 6.36. The van der Waals surface area contributed by atoms with Gasteiger partial charge < -0.3 is 25.6 Å². The molecule has 46 heavy (non-hydrogen) atoms. The lowest BCUT2D eigenvalue weighted by molar-refractivity contribution is -0.145. The molecular weight excluding hydrogens is 582 g/mol. The number of rotatable bonds is 10. The predicted octanol–water partition coefficient (Wildman–Crippen LogP) is 3.37. The molecule has 4 amide bonds. The van der Waals surface area contributed by atoms with E-state index < -0.39 is 36.2 Å². The van der Waals surface area contributed by atoms with Crippen LogP contribution in [-0.2, 0) is 25.6 Å². The van der Waals surface area contributed by atoms with Gasteiger partial charge >= 0.3 is 0 Å². The molecule has 0 spiro atoms. The number of nitrogens with one attached hydrogen (secondary N) is 3. The van der Waals surface area contributed by atoms with Crippen LogP contribution in [0.15, 0.2) is 60.8 Å². The third-order valence-corrected chi connectivity index (χ3v) is 8.88. The molecule has 3 N–H and O–H groups in total. The Balaban J connectivity index is 1.67. The molecular formula is C36H49N5O5. The highest BCUT2D eigenvalue weighted by Crippen LogP contribution is 2.27. The molecule has 2 aromatic carbocycles. The molecule has 10 nitrogen and oxygen atoms in total. The number of fused-ring (bicyclic) bond motifs is 7. The van der Waals surface area contributed by atoms with Gasteiger partial charge in [0.05, 0.1) is 6.04 Å². The lowest BCUT2D eigenvalue weighted by Crippen LogP contribution is -2.61. The number of nitrogens with zero attached hydrogens (tertiary/aromatic N) is 2. The lowest BCUT2D eigenvalue weighted by atomic mass is 9.95. The predicted molar refractivity (Wildman–Crippen MR) is 179 cm³/mol. The fourth-order valence-electron chi connectivity index (χ4n) is 6.02. The zero-order valence-corrected chi connectivity index (χ0v) is 27.9. The van der Waals surface area contributed by atoms with E-state index >= 15 is 0 Å². The maximum Gasteiger partial charge on any atom is 0.247 e. The van der Waals surface area contributed by atoms with Crippen molar-refractivity contribution < 1.29 is 23.9 Å². The van der Waals surface area contributed by atoms with Crippen LogP contribution < -0.4 is 20.7 Å². The molecule has 1 saturated heterocycles. The smallest absolute Gasteiger partial charge is 0.247 e. The molecule has 0 saturated carbocycles. The molecule has 0 aromatic heterocycles. The molecule has 2 aromatic rings. The number of likely N-dealkylation sites (tertiary alicyclic amines) is 1. The van der Waals surface area contributed by atoms with E-state index in [4.69, 9.17) is 4.74 Å². The van der Waals surface area contributed by atoms with Gasteiger partial charge in [0.1, 0.15) is 30.0 Å². The SMILES string of the molecule is CCC(C)C(NC(=O)C(CC(C)C)N(C)C)C(=O)N1CCC2Oc3ccc(cc3)/C=C/NC(=O)C(Cc3ccccc3)NC(=O)C21. The molecule has 5 rings (SSSR count). The van der Waals surface area contributed by atoms with Crippen molar-refractivity contribution in [3.8, 4) is 5.75 Å². The van der Waals surface area contributed by atoms with E-state index in [2.05, 4.69) is 29.8 Å². The van der Waals surface area contributed by atoms with E-state index in [-0.39, 0.29) is 42.5 Å². The molecule has 3 aliphatic rings. The van der Waals surface area contributed by atoms with Crippen LogP contribution in [0.5, 0.6) is 5.75 Å². The molecule has 3 heterocycles. The van der Waals surface area contributed by atoms with Crippen molar-refractivity contribution in [2.45, 2.75) is 83.6 Å². The largest absolute Gasteiger partial charge is 0.488 e. The molecule has 248 valence electrons. The molecule has 1 fully saturated rings. The highest BCUT2D eigenvalue weighted by Gasteiger charge is 2.47. The number of amides is 4. The minimum Gasteiger partial charge on any atom is -0.488 e. The van der Waals surface area contributed by atoms with Crippen molar-refractivity contribution >= 4 is 29.7 Å². The minimum absolute atomic E-state index is 0.184. The van der Waals surface area contributed by atoms with Crippen molar-refractivity contribution in [3.63, 3.8) is 0 Å². The summed E-state index contributed by atoms with van der Waals surface area (Å²) >= 11 is 0. The van der Waals surface area contributed by atoms with Crippen LogP contribution in [0.1, 0.15) is 58.1 Å². The number of likely N-dealkylation sites (N-methyl/N-ethyl adjacent to an activating group) is 1. The van der Waals surface area contributed by atoms with Crippen molar-refractivity contribution in [2.75, 3.05) is 20.6 Å². The van der Waals surface area contributed by atoms with Crippen LogP contribution in [0.2, 0.25) is 0 Å². The Morgan fingerprint density at radius 1 is 1.02 bits per heavy atom. The van der Waals surface area contributed by atoms with Crippen LogP contribution in [0.3, 0.4) is 0 Å². The number of carbonyl (C=O) groups is 4. The van der Waals surface area contributed by atoms with Gasteiger partial charge in [0, 0.05) is 25.6 Å². The monoisotopic (exact) mass is 631 g/mol. The van der Waals surface area contributed by atoms with E-state index in [9.17, 15) is 19.2 Å². The third-order valence-electron chi connectivity index (χ3n) is 8.88. The van der Waals surface area contributed by atoms with Gasteiger partial charge in [-0.3, -0.25) is 24.1 Å². The van der Waals surface area contributed by atoms with Gasteiger partial charge in [-0.05, 0) is 61.7 Å². The standard InChI is InChI=1S/C36H49N5O5/c1-7-24(4)31(39-34(43)29(40(5)6)21-23(2)3)36(45)41-20-18-30-32(41)35(44)38-28(22-26-11-9-8-10-12-26)33(42)37-19-17-25-13-15-27(46-30)16-14-25/h8-17,19,23-24,28-32H,7,18,20-22H2,1-6H3,(H,37,42)(H,38,44)(H,39,43)/b19-17+. The summed E-state index contributed by atoms with van der Waals surface area (Å²) in [6, 6.07) is 13.7. The Morgan fingerprint density at radius 3 is 2.35 bits per heavy atom. The summed E-state index contributed by atoms with van der Waals surface area (Å²) in [6.07, 6.45) is 4.65. The van der Waals surface area contributed by atoms with Gasteiger partial charge in [-0.15, -0.1) is 0 Å². The topological polar surface area (TPSA) is 120 Å². The number of carbonyl (C=O) groups excluding carboxylic acids is 4. The zero-order valence-electron chi connectivity index (χ0n) is 27.9. The van der Waals surface area contributed by atoms with Gasteiger partial charge in [-0.1, -0.05) is 76.6 Å². The Morgan fingerprint density at radius 2 is 1.72 bits per heavy atom. The first-order valence-electron chi connectivity index (χ1n) is 16.3. The molecule has 6 atom stereocenters. The average molecular weight is 632 g/mol. The first kappa shape index (κ1) is 34.7. The molecule has 3 aliphatic heterocycles. The zero-order chi connectivity index (χ0) is 33.4. The molecule has 2 bridgehead atoms. The van der Waals surface area contributed by atoms with Gasteiger partial charge in [0.2, 0.25) is 23.6 Å². The average Bonchev–Trinajstić information content (AvgIpc) is 3.45. The number of hydrogen-bond donors (Lipinski definition) is 3. The normalized spacial score (nSPS) is 22.6. The van der Waals surface area contributed by atoms with Gasteiger partial charge in [-0.25, -0.2) is 0 Å². The number of benzene rings is 2.